The highest BCUT2D eigenvalue weighted by molar-refractivity contribution is 6.30. The molecule has 35 heavy (non-hydrogen) atoms. The Labute approximate surface area is 209 Å². The third-order valence-corrected chi connectivity index (χ3v) is 6.45. The predicted molar refractivity (Wildman–Crippen MR) is 134 cm³/mol. The second-order valence-corrected chi connectivity index (χ2v) is 9.33. The number of anilines is 1. The quantitative estimate of drug-likeness (QED) is 0.402. The van der Waals surface area contributed by atoms with E-state index in [1.807, 2.05) is 18.2 Å². The standard InChI is InChI=1S/C28H26ClFN2O3/c1-18(2)20-10-12-22(13-11-20)32-26(33)17-25(28(32)35)31(15-14-19-6-5-7-21(29)16-19)27(34)23-8-3-4-9-24(23)30/h3-13,16,18,25H,14-15,17H2,1-2H3. The van der Waals surface area contributed by atoms with E-state index >= 15 is 0 Å². The molecule has 1 atom stereocenters. The zero-order chi connectivity index (χ0) is 25.1. The Morgan fingerprint density at radius 1 is 1.06 bits per heavy atom. The largest absolute Gasteiger partial charge is 0.326 e. The van der Waals surface area contributed by atoms with Gasteiger partial charge in [-0.3, -0.25) is 14.4 Å². The summed E-state index contributed by atoms with van der Waals surface area (Å²) in [7, 11) is 0. The van der Waals surface area contributed by atoms with Crippen molar-refractivity contribution < 1.29 is 18.8 Å². The maximum Gasteiger partial charge on any atom is 0.257 e. The molecule has 3 aromatic rings. The van der Waals surface area contributed by atoms with Gasteiger partial charge in [0.1, 0.15) is 11.9 Å². The first-order valence-electron chi connectivity index (χ1n) is 11.5. The molecule has 7 heteroatoms. The van der Waals surface area contributed by atoms with E-state index in [1.165, 1.54) is 23.1 Å². The molecule has 180 valence electrons. The Bertz CT molecular complexity index is 1260. The monoisotopic (exact) mass is 492 g/mol. The first kappa shape index (κ1) is 24.6. The molecule has 3 aromatic carbocycles. The molecule has 4 rings (SSSR count). The van der Waals surface area contributed by atoms with Crippen LogP contribution in [-0.2, 0) is 16.0 Å². The lowest BCUT2D eigenvalue weighted by molar-refractivity contribution is -0.122. The minimum absolute atomic E-state index is 0.122. The average molecular weight is 493 g/mol. The summed E-state index contributed by atoms with van der Waals surface area (Å²) in [4.78, 5) is 42.3. The van der Waals surface area contributed by atoms with Crippen LogP contribution < -0.4 is 4.90 Å². The van der Waals surface area contributed by atoms with Gasteiger partial charge in [0, 0.05) is 11.6 Å². The van der Waals surface area contributed by atoms with Crippen molar-refractivity contribution in [3.05, 3.63) is 100 Å². The number of carbonyl (C=O) groups is 3. The van der Waals surface area contributed by atoms with Crippen molar-refractivity contribution in [3.63, 3.8) is 0 Å². The van der Waals surface area contributed by atoms with Crippen molar-refractivity contribution in [1.82, 2.24) is 4.90 Å². The highest BCUT2D eigenvalue weighted by Gasteiger charge is 2.44. The van der Waals surface area contributed by atoms with Crippen LogP contribution in [0.1, 0.15) is 47.7 Å². The van der Waals surface area contributed by atoms with Crippen LogP contribution >= 0.6 is 11.6 Å². The number of halogens is 2. The predicted octanol–water partition coefficient (Wildman–Crippen LogP) is 5.62. The lowest BCUT2D eigenvalue weighted by atomic mass is 10.0. The summed E-state index contributed by atoms with van der Waals surface area (Å²) in [5, 5.41) is 0.553. The van der Waals surface area contributed by atoms with Gasteiger partial charge in [-0.1, -0.05) is 61.8 Å². The van der Waals surface area contributed by atoms with Gasteiger partial charge in [0.2, 0.25) is 5.91 Å². The maximum atomic E-state index is 14.5. The van der Waals surface area contributed by atoms with Gasteiger partial charge in [-0.05, 0) is 59.9 Å². The molecule has 5 nitrogen and oxygen atoms in total. The number of imide groups is 1. The lowest BCUT2D eigenvalue weighted by Crippen LogP contribution is -2.46. The third-order valence-electron chi connectivity index (χ3n) is 6.21. The van der Waals surface area contributed by atoms with E-state index in [1.54, 1.807) is 36.4 Å². The van der Waals surface area contributed by atoms with E-state index in [9.17, 15) is 18.8 Å². The number of carbonyl (C=O) groups excluding carboxylic acids is 3. The molecule has 3 amide bonds. The molecule has 1 aliphatic rings. The topological polar surface area (TPSA) is 57.7 Å². The van der Waals surface area contributed by atoms with Gasteiger partial charge >= 0.3 is 0 Å². The van der Waals surface area contributed by atoms with E-state index in [-0.39, 0.29) is 18.5 Å². The second-order valence-electron chi connectivity index (χ2n) is 8.89. The molecular weight excluding hydrogens is 467 g/mol. The average Bonchev–Trinajstić information content (AvgIpc) is 3.13. The summed E-state index contributed by atoms with van der Waals surface area (Å²) in [6.45, 7) is 4.24. The van der Waals surface area contributed by atoms with E-state index < -0.39 is 29.6 Å². The molecule has 0 aromatic heterocycles. The van der Waals surface area contributed by atoms with E-state index in [0.29, 0.717) is 23.0 Å². The highest BCUT2D eigenvalue weighted by Crippen LogP contribution is 2.29. The van der Waals surface area contributed by atoms with Gasteiger partial charge in [-0.2, -0.15) is 0 Å². The number of hydrogen-bond acceptors (Lipinski definition) is 3. The molecule has 0 radical (unpaired) electrons. The van der Waals surface area contributed by atoms with Crippen LogP contribution in [0, 0.1) is 5.82 Å². The summed E-state index contributed by atoms with van der Waals surface area (Å²) in [5.74, 6) is -1.90. The first-order valence-corrected chi connectivity index (χ1v) is 11.9. The van der Waals surface area contributed by atoms with Gasteiger partial charge < -0.3 is 4.90 Å². The maximum absolute atomic E-state index is 14.5. The fourth-order valence-electron chi connectivity index (χ4n) is 4.27. The zero-order valence-electron chi connectivity index (χ0n) is 19.6. The minimum atomic E-state index is -1.03. The van der Waals surface area contributed by atoms with Crippen LogP contribution in [0.15, 0.2) is 72.8 Å². The first-order chi connectivity index (χ1) is 16.8. The number of rotatable bonds is 7. The smallest absolute Gasteiger partial charge is 0.257 e. The number of hydrogen-bond donors (Lipinski definition) is 0. The van der Waals surface area contributed by atoms with Gasteiger partial charge in [0.15, 0.2) is 0 Å². The molecule has 1 unspecified atom stereocenters. The van der Waals surface area contributed by atoms with Crippen molar-refractivity contribution >= 4 is 35.0 Å². The molecule has 1 fully saturated rings. The van der Waals surface area contributed by atoms with Crippen LogP contribution in [0.25, 0.3) is 0 Å². The SMILES string of the molecule is CC(C)c1ccc(N2C(=O)CC(N(CCc3cccc(Cl)c3)C(=O)c3ccccc3F)C2=O)cc1. The van der Waals surface area contributed by atoms with Gasteiger partial charge in [-0.15, -0.1) is 0 Å². The van der Waals surface area contributed by atoms with Crippen LogP contribution in [-0.4, -0.2) is 35.2 Å². The van der Waals surface area contributed by atoms with E-state index in [4.69, 9.17) is 11.6 Å². The number of benzene rings is 3. The molecule has 0 N–H and O–H groups in total. The fraction of sp³-hybridized carbons (Fsp3) is 0.250. The Balaban J connectivity index is 1.64. The Morgan fingerprint density at radius 2 is 1.77 bits per heavy atom. The van der Waals surface area contributed by atoms with Gasteiger partial charge in [0.25, 0.3) is 11.8 Å². The minimum Gasteiger partial charge on any atom is -0.326 e. The molecule has 0 bridgehead atoms. The molecule has 0 saturated carbocycles. The number of amides is 3. The van der Waals surface area contributed by atoms with Crippen LogP contribution in [0.5, 0.6) is 0 Å². The molecular formula is C28H26ClFN2O3. The van der Waals surface area contributed by atoms with Gasteiger partial charge in [0.05, 0.1) is 17.7 Å². The molecule has 1 heterocycles. The summed E-state index contributed by atoms with van der Waals surface area (Å²) in [6.07, 6.45) is 0.225. The van der Waals surface area contributed by atoms with Crippen molar-refractivity contribution in [3.8, 4) is 0 Å². The second kappa shape index (κ2) is 10.4. The third kappa shape index (κ3) is 5.28. The molecule has 0 spiro atoms. The lowest BCUT2D eigenvalue weighted by Gasteiger charge is -2.28. The van der Waals surface area contributed by atoms with Crippen LogP contribution in [0.3, 0.4) is 0 Å². The van der Waals surface area contributed by atoms with Crippen molar-refractivity contribution in [2.45, 2.75) is 38.6 Å². The summed E-state index contributed by atoms with van der Waals surface area (Å²) >= 11 is 6.09. The Morgan fingerprint density at radius 3 is 2.43 bits per heavy atom. The number of nitrogens with zero attached hydrogens (tertiary/aromatic N) is 2. The molecule has 1 saturated heterocycles. The normalized spacial score (nSPS) is 15.7. The molecule has 0 aliphatic carbocycles. The summed E-state index contributed by atoms with van der Waals surface area (Å²) in [6, 6.07) is 19.0. The summed E-state index contributed by atoms with van der Waals surface area (Å²) in [5.41, 5.74) is 2.27. The zero-order valence-corrected chi connectivity index (χ0v) is 20.3. The Kier molecular flexibility index (Phi) is 7.31. The van der Waals surface area contributed by atoms with E-state index in [0.717, 1.165) is 16.0 Å². The van der Waals surface area contributed by atoms with Crippen molar-refractivity contribution in [2.75, 3.05) is 11.4 Å². The Hall–Kier alpha value is -3.51. The van der Waals surface area contributed by atoms with Crippen molar-refractivity contribution in [2.24, 2.45) is 0 Å². The van der Waals surface area contributed by atoms with Gasteiger partial charge in [-0.25, -0.2) is 9.29 Å². The summed E-state index contributed by atoms with van der Waals surface area (Å²) < 4.78 is 14.5. The molecule has 1 aliphatic heterocycles. The van der Waals surface area contributed by atoms with Crippen LogP contribution in [0.2, 0.25) is 5.02 Å². The highest BCUT2D eigenvalue weighted by atomic mass is 35.5. The fourth-order valence-corrected chi connectivity index (χ4v) is 4.48. The van der Waals surface area contributed by atoms with Crippen molar-refractivity contribution in [1.29, 1.82) is 0 Å². The van der Waals surface area contributed by atoms with Crippen LogP contribution in [0.4, 0.5) is 10.1 Å². The van der Waals surface area contributed by atoms with E-state index in [2.05, 4.69) is 13.8 Å².